The highest BCUT2D eigenvalue weighted by molar-refractivity contribution is 7.14. The van der Waals surface area contributed by atoms with Gasteiger partial charge in [0.05, 0.1) is 12.1 Å². The molecule has 0 spiro atoms. The first-order valence-electron chi connectivity index (χ1n) is 6.74. The number of methoxy groups -OCH3 is 1. The van der Waals surface area contributed by atoms with E-state index in [-0.39, 0.29) is 0 Å². The molecule has 0 saturated carbocycles. The molecule has 0 saturated heterocycles. The summed E-state index contributed by atoms with van der Waals surface area (Å²) >= 11 is 1.61. The Morgan fingerprint density at radius 3 is 3.10 bits per heavy atom. The quantitative estimate of drug-likeness (QED) is 0.709. The topological polar surface area (TPSA) is 59.9 Å². The highest BCUT2D eigenvalue weighted by atomic mass is 32.1. The number of aromatic nitrogens is 3. The molecule has 0 amide bonds. The van der Waals surface area contributed by atoms with E-state index in [2.05, 4.69) is 32.6 Å². The standard InChI is InChI=1S/C15H16N4OS/c1-20-8-7-16-10-14-18-19-15(21-14)12-4-5-13-11(9-12)3-2-6-17-13/h2-6,9,16H,7-8,10H2,1H3. The van der Waals surface area contributed by atoms with Crippen LogP contribution in [0.1, 0.15) is 5.01 Å². The Balaban J connectivity index is 1.75. The molecule has 0 atom stereocenters. The lowest BCUT2D eigenvalue weighted by Crippen LogP contribution is -2.18. The molecular formula is C15H16N4OS. The number of ether oxygens (including phenoxy) is 1. The van der Waals surface area contributed by atoms with Gasteiger partial charge in [0, 0.05) is 37.3 Å². The number of hydrogen-bond acceptors (Lipinski definition) is 6. The number of fused-ring (bicyclic) bond motifs is 1. The molecule has 0 unspecified atom stereocenters. The van der Waals surface area contributed by atoms with Gasteiger partial charge in [-0.1, -0.05) is 17.4 Å². The Labute approximate surface area is 127 Å². The van der Waals surface area contributed by atoms with Crippen molar-refractivity contribution in [2.75, 3.05) is 20.3 Å². The van der Waals surface area contributed by atoms with Crippen LogP contribution in [-0.2, 0) is 11.3 Å². The Bertz CT molecular complexity index is 728. The van der Waals surface area contributed by atoms with Crippen molar-refractivity contribution in [2.45, 2.75) is 6.54 Å². The summed E-state index contributed by atoms with van der Waals surface area (Å²) < 4.78 is 4.99. The van der Waals surface area contributed by atoms with E-state index in [4.69, 9.17) is 4.74 Å². The maximum atomic E-state index is 4.99. The number of nitrogens with zero attached hydrogens (tertiary/aromatic N) is 3. The SMILES string of the molecule is COCCNCc1nnc(-c2ccc3ncccc3c2)s1. The zero-order chi connectivity index (χ0) is 14.5. The van der Waals surface area contributed by atoms with Crippen molar-refractivity contribution in [1.29, 1.82) is 0 Å². The summed E-state index contributed by atoms with van der Waals surface area (Å²) in [4.78, 5) is 4.32. The van der Waals surface area contributed by atoms with Crippen LogP contribution in [0.25, 0.3) is 21.5 Å². The fourth-order valence-corrected chi connectivity index (χ4v) is 2.83. The Hall–Kier alpha value is -1.89. The fraction of sp³-hybridized carbons (Fsp3) is 0.267. The third-order valence-corrected chi connectivity index (χ3v) is 4.05. The minimum Gasteiger partial charge on any atom is -0.383 e. The maximum Gasteiger partial charge on any atom is 0.147 e. The second kappa shape index (κ2) is 6.71. The van der Waals surface area contributed by atoms with E-state index in [0.29, 0.717) is 6.61 Å². The normalized spacial score (nSPS) is 11.1. The highest BCUT2D eigenvalue weighted by Gasteiger charge is 2.07. The predicted molar refractivity (Wildman–Crippen MR) is 84.2 cm³/mol. The third-order valence-electron chi connectivity index (χ3n) is 3.08. The van der Waals surface area contributed by atoms with Gasteiger partial charge in [0.1, 0.15) is 10.0 Å². The van der Waals surface area contributed by atoms with Gasteiger partial charge in [0.15, 0.2) is 0 Å². The largest absolute Gasteiger partial charge is 0.383 e. The van der Waals surface area contributed by atoms with Gasteiger partial charge in [0.2, 0.25) is 0 Å². The van der Waals surface area contributed by atoms with Crippen LogP contribution in [-0.4, -0.2) is 35.4 Å². The van der Waals surface area contributed by atoms with Crippen molar-refractivity contribution in [1.82, 2.24) is 20.5 Å². The van der Waals surface area contributed by atoms with Crippen LogP contribution in [0.15, 0.2) is 36.5 Å². The summed E-state index contributed by atoms with van der Waals surface area (Å²) in [6, 6.07) is 10.2. The lowest BCUT2D eigenvalue weighted by molar-refractivity contribution is 0.199. The number of benzene rings is 1. The number of nitrogens with one attached hydrogen (secondary N) is 1. The molecular weight excluding hydrogens is 284 g/mol. The molecule has 2 aromatic heterocycles. The maximum absolute atomic E-state index is 4.99. The summed E-state index contributed by atoms with van der Waals surface area (Å²) in [5.41, 5.74) is 2.07. The van der Waals surface area contributed by atoms with Crippen molar-refractivity contribution in [3.05, 3.63) is 41.5 Å². The Morgan fingerprint density at radius 2 is 2.19 bits per heavy atom. The van der Waals surface area contributed by atoms with Crippen LogP contribution in [0.5, 0.6) is 0 Å². The van der Waals surface area contributed by atoms with Crippen LogP contribution in [0.2, 0.25) is 0 Å². The molecule has 0 aliphatic heterocycles. The minimum atomic E-state index is 0.698. The second-order valence-corrected chi connectivity index (χ2v) is 5.64. The molecule has 0 bridgehead atoms. The van der Waals surface area contributed by atoms with Crippen LogP contribution >= 0.6 is 11.3 Å². The molecule has 3 aromatic rings. The van der Waals surface area contributed by atoms with E-state index in [0.717, 1.165) is 39.6 Å². The molecule has 0 aliphatic carbocycles. The average Bonchev–Trinajstić information content (AvgIpc) is 3.00. The third kappa shape index (κ3) is 3.41. The number of pyridine rings is 1. The van der Waals surface area contributed by atoms with E-state index in [1.807, 2.05) is 18.2 Å². The zero-order valence-corrected chi connectivity index (χ0v) is 12.6. The van der Waals surface area contributed by atoms with E-state index in [1.165, 1.54) is 0 Å². The summed E-state index contributed by atoms with van der Waals surface area (Å²) in [5, 5.41) is 14.8. The summed E-state index contributed by atoms with van der Waals surface area (Å²) in [6.07, 6.45) is 1.80. The monoisotopic (exact) mass is 300 g/mol. The van der Waals surface area contributed by atoms with Gasteiger partial charge < -0.3 is 10.1 Å². The molecule has 1 aromatic carbocycles. The Kier molecular flexibility index (Phi) is 4.49. The zero-order valence-electron chi connectivity index (χ0n) is 11.7. The molecule has 0 aliphatic rings. The highest BCUT2D eigenvalue weighted by Crippen LogP contribution is 2.26. The molecule has 21 heavy (non-hydrogen) atoms. The number of hydrogen-bond donors (Lipinski definition) is 1. The second-order valence-electron chi connectivity index (χ2n) is 4.58. The molecule has 1 N–H and O–H groups in total. The average molecular weight is 300 g/mol. The molecule has 0 fully saturated rings. The van der Waals surface area contributed by atoms with E-state index in [1.54, 1.807) is 24.6 Å². The minimum absolute atomic E-state index is 0.698. The number of rotatable bonds is 6. The van der Waals surface area contributed by atoms with E-state index < -0.39 is 0 Å². The van der Waals surface area contributed by atoms with E-state index in [9.17, 15) is 0 Å². The van der Waals surface area contributed by atoms with Gasteiger partial charge in [-0.15, -0.1) is 10.2 Å². The van der Waals surface area contributed by atoms with Crippen molar-refractivity contribution in [2.24, 2.45) is 0 Å². The molecule has 2 heterocycles. The van der Waals surface area contributed by atoms with Crippen LogP contribution in [0.4, 0.5) is 0 Å². The Morgan fingerprint density at radius 1 is 1.24 bits per heavy atom. The fourth-order valence-electron chi connectivity index (χ4n) is 2.02. The van der Waals surface area contributed by atoms with Crippen molar-refractivity contribution >= 4 is 22.2 Å². The lowest BCUT2D eigenvalue weighted by atomic mass is 10.1. The van der Waals surface area contributed by atoms with Gasteiger partial charge in [-0.3, -0.25) is 4.98 Å². The summed E-state index contributed by atoms with van der Waals surface area (Å²) in [5.74, 6) is 0. The van der Waals surface area contributed by atoms with Crippen molar-refractivity contribution in [3.63, 3.8) is 0 Å². The molecule has 6 heteroatoms. The van der Waals surface area contributed by atoms with Gasteiger partial charge in [-0.25, -0.2) is 0 Å². The summed E-state index contributed by atoms with van der Waals surface area (Å²) in [7, 11) is 1.69. The lowest BCUT2D eigenvalue weighted by Gasteiger charge is -2.00. The van der Waals surface area contributed by atoms with Gasteiger partial charge in [0.25, 0.3) is 0 Å². The predicted octanol–water partition coefficient (Wildman–Crippen LogP) is 2.49. The first-order valence-corrected chi connectivity index (χ1v) is 7.55. The first kappa shape index (κ1) is 14.1. The van der Waals surface area contributed by atoms with Gasteiger partial charge >= 0.3 is 0 Å². The van der Waals surface area contributed by atoms with Crippen LogP contribution in [0, 0.1) is 0 Å². The summed E-state index contributed by atoms with van der Waals surface area (Å²) in [6.45, 7) is 2.23. The first-order chi connectivity index (χ1) is 10.4. The van der Waals surface area contributed by atoms with Gasteiger partial charge in [-0.2, -0.15) is 0 Å². The van der Waals surface area contributed by atoms with Crippen LogP contribution in [0.3, 0.4) is 0 Å². The van der Waals surface area contributed by atoms with E-state index >= 15 is 0 Å². The molecule has 0 radical (unpaired) electrons. The van der Waals surface area contributed by atoms with Gasteiger partial charge in [-0.05, 0) is 24.3 Å². The molecule has 108 valence electrons. The van der Waals surface area contributed by atoms with Crippen molar-refractivity contribution in [3.8, 4) is 10.6 Å². The van der Waals surface area contributed by atoms with Crippen LogP contribution < -0.4 is 5.32 Å². The molecule has 5 nitrogen and oxygen atoms in total. The van der Waals surface area contributed by atoms with Crippen molar-refractivity contribution < 1.29 is 4.74 Å². The smallest absolute Gasteiger partial charge is 0.147 e. The molecule has 3 rings (SSSR count).